The Labute approximate surface area is 151 Å². The lowest BCUT2D eigenvalue weighted by Crippen LogP contribution is -2.33. The maximum absolute atomic E-state index is 11.2. The molecule has 1 heterocycles. The highest BCUT2D eigenvalue weighted by atomic mass is 16.6. The molecule has 0 bridgehead atoms. The van der Waals surface area contributed by atoms with Gasteiger partial charge in [0.05, 0.1) is 16.6 Å². The molecule has 1 fully saturated rings. The molecule has 6 heteroatoms. The van der Waals surface area contributed by atoms with Gasteiger partial charge in [0.15, 0.2) is 0 Å². The summed E-state index contributed by atoms with van der Waals surface area (Å²) in [6.07, 6.45) is 0.781. The molecular formula is C20H19NO5. The lowest BCUT2D eigenvalue weighted by Gasteiger charge is -2.32. The fraction of sp³-hybridized carbons (Fsp3) is 0.300. The molecule has 1 N–H and O–H groups in total. The van der Waals surface area contributed by atoms with Crippen molar-refractivity contribution in [1.29, 1.82) is 0 Å². The zero-order valence-corrected chi connectivity index (χ0v) is 14.2. The Morgan fingerprint density at radius 2 is 1.92 bits per heavy atom. The molecule has 1 saturated heterocycles. The van der Waals surface area contributed by atoms with Gasteiger partial charge in [0.25, 0.3) is 5.69 Å². The van der Waals surface area contributed by atoms with Gasteiger partial charge in [0, 0.05) is 37.7 Å². The number of hydrogen-bond acceptors (Lipinski definition) is 5. The first kappa shape index (κ1) is 17.9. The number of non-ortho nitro benzene ring substituents is 1. The Balaban J connectivity index is 1.78. The number of ether oxygens (including phenoxy) is 2. The van der Waals surface area contributed by atoms with E-state index < -0.39 is 10.5 Å². The van der Waals surface area contributed by atoms with Crippen molar-refractivity contribution in [2.24, 2.45) is 0 Å². The molecule has 2 aromatic carbocycles. The Morgan fingerprint density at radius 1 is 1.19 bits per heavy atom. The first-order valence-corrected chi connectivity index (χ1v) is 8.34. The number of aliphatic hydroxyl groups is 1. The standard InChI is InChI=1S/C20H19NO5/c22-20(8-11-25-12-9-20)17-13-18(21(23)24)15-19(14-17)26-10-4-7-16-5-2-1-3-6-16/h1-3,5-6,13-15,22H,8-12H2. The molecule has 0 radical (unpaired) electrons. The zero-order chi connectivity index (χ0) is 18.4. The van der Waals surface area contributed by atoms with Crippen LogP contribution in [0.2, 0.25) is 0 Å². The average Bonchev–Trinajstić information content (AvgIpc) is 2.66. The lowest BCUT2D eigenvalue weighted by molar-refractivity contribution is -0.385. The minimum Gasteiger partial charge on any atom is -0.481 e. The summed E-state index contributed by atoms with van der Waals surface area (Å²) in [6, 6.07) is 13.9. The van der Waals surface area contributed by atoms with Crippen molar-refractivity contribution in [3.8, 4) is 17.6 Å². The molecule has 1 aliphatic rings. The van der Waals surface area contributed by atoms with Gasteiger partial charge in [-0.3, -0.25) is 10.1 Å². The van der Waals surface area contributed by atoms with E-state index in [0.29, 0.717) is 37.4 Å². The van der Waals surface area contributed by atoms with E-state index in [9.17, 15) is 15.2 Å². The SMILES string of the molecule is O=[N+]([O-])c1cc(OCC#Cc2ccccc2)cc(C2(O)CCOCC2)c1. The molecule has 1 aliphatic heterocycles. The average molecular weight is 353 g/mol. The molecule has 3 rings (SSSR count). The van der Waals surface area contributed by atoms with Gasteiger partial charge in [-0.05, 0) is 23.8 Å². The van der Waals surface area contributed by atoms with Crippen molar-refractivity contribution in [3.63, 3.8) is 0 Å². The summed E-state index contributed by atoms with van der Waals surface area (Å²) < 4.78 is 10.8. The molecule has 0 spiro atoms. The molecule has 0 unspecified atom stereocenters. The van der Waals surface area contributed by atoms with E-state index in [1.54, 1.807) is 6.07 Å². The normalized spacial score (nSPS) is 15.6. The van der Waals surface area contributed by atoms with Crippen molar-refractivity contribution in [2.75, 3.05) is 19.8 Å². The van der Waals surface area contributed by atoms with Crippen LogP contribution in [-0.2, 0) is 10.3 Å². The van der Waals surface area contributed by atoms with Crippen LogP contribution in [-0.4, -0.2) is 29.9 Å². The van der Waals surface area contributed by atoms with E-state index in [4.69, 9.17) is 9.47 Å². The van der Waals surface area contributed by atoms with Crippen molar-refractivity contribution in [2.45, 2.75) is 18.4 Å². The number of rotatable bonds is 4. The van der Waals surface area contributed by atoms with Gasteiger partial charge in [0.2, 0.25) is 0 Å². The molecule has 0 amide bonds. The van der Waals surface area contributed by atoms with Crippen LogP contribution >= 0.6 is 0 Å². The summed E-state index contributed by atoms with van der Waals surface area (Å²) in [4.78, 5) is 10.7. The highest BCUT2D eigenvalue weighted by Gasteiger charge is 2.33. The number of nitro groups is 1. The smallest absolute Gasteiger partial charge is 0.273 e. The Morgan fingerprint density at radius 3 is 2.62 bits per heavy atom. The largest absolute Gasteiger partial charge is 0.481 e. The van der Waals surface area contributed by atoms with Crippen molar-refractivity contribution in [3.05, 3.63) is 69.8 Å². The molecule has 26 heavy (non-hydrogen) atoms. The number of nitrogens with zero attached hydrogens (tertiary/aromatic N) is 1. The van der Waals surface area contributed by atoms with Crippen LogP contribution in [0.5, 0.6) is 5.75 Å². The van der Waals surface area contributed by atoms with Crippen LogP contribution in [0.4, 0.5) is 5.69 Å². The van der Waals surface area contributed by atoms with Crippen LogP contribution in [0.3, 0.4) is 0 Å². The molecule has 0 aromatic heterocycles. The molecular weight excluding hydrogens is 334 g/mol. The summed E-state index contributed by atoms with van der Waals surface area (Å²) in [6.45, 7) is 0.924. The van der Waals surface area contributed by atoms with E-state index in [1.165, 1.54) is 12.1 Å². The highest BCUT2D eigenvalue weighted by molar-refractivity contribution is 5.45. The number of nitro benzene ring substituents is 1. The van der Waals surface area contributed by atoms with E-state index in [2.05, 4.69) is 11.8 Å². The van der Waals surface area contributed by atoms with Gasteiger partial charge < -0.3 is 14.6 Å². The second kappa shape index (κ2) is 8.00. The maximum Gasteiger partial charge on any atom is 0.273 e. The van der Waals surface area contributed by atoms with E-state index in [-0.39, 0.29) is 12.3 Å². The van der Waals surface area contributed by atoms with Gasteiger partial charge >= 0.3 is 0 Å². The van der Waals surface area contributed by atoms with Crippen LogP contribution in [0, 0.1) is 22.0 Å². The number of hydrogen-bond donors (Lipinski definition) is 1. The monoisotopic (exact) mass is 353 g/mol. The zero-order valence-electron chi connectivity index (χ0n) is 14.2. The van der Waals surface area contributed by atoms with Gasteiger partial charge in [-0.15, -0.1) is 0 Å². The third-order valence-corrected chi connectivity index (χ3v) is 4.28. The third-order valence-electron chi connectivity index (χ3n) is 4.28. The quantitative estimate of drug-likeness (QED) is 0.519. The van der Waals surface area contributed by atoms with E-state index >= 15 is 0 Å². The van der Waals surface area contributed by atoms with E-state index in [1.807, 2.05) is 30.3 Å². The van der Waals surface area contributed by atoms with Gasteiger partial charge in [-0.1, -0.05) is 30.0 Å². The fourth-order valence-electron chi connectivity index (χ4n) is 2.82. The Bertz CT molecular complexity index is 832. The summed E-state index contributed by atoms with van der Waals surface area (Å²) in [7, 11) is 0. The topological polar surface area (TPSA) is 81.8 Å². The predicted molar refractivity (Wildman–Crippen MR) is 95.9 cm³/mol. The third kappa shape index (κ3) is 4.39. The molecule has 6 nitrogen and oxygen atoms in total. The Hall–Kier alpha value is -2.88. The second-order valence-electron chi connectivity index (χ2n) is 6.07. The first-order chi connectivity index (χ1) is 12.6. The molecule has 0 atom stereocenters. The summed E-state index contributed by atoms with van der Waals surface area (Å²) in [5.74, 6) is 6.16. The molecule has 134 valence electrons. The minimum absolute atomic E-state index is 0.0943. The van der Waals surface area contributed by atoms with Crippen molar-refractivity contribution < 1.29 is 19.5 Å². The second-order valence-corrected chi connectivity index (χ2v) is 6.07. The predicted octanol–water partition coefficient (Wildman–Crippen LogP) is 3.02. The van der Waals surface area contributed by atoms with Crippen LogP contribution in [0.1, 0.15) is 24.0 Å². The molecule has 0 aliphatic carbocycles. The van der Waals surface area contributed by atoms with Crippen LogP contribution < -0.4 is 4.74 Å². The van der Waals surface area contributed by atoms with Crippen LogP contribution in [0.25, 0.3) is 0 Å². The maximum atomic E-state index is 11.2. The molecule has 2 aromatic rings. The van der Waals surface area contributed by atoms with Gasteiger partial charge in [-0.2, -0.15) is 0 Å². The minimum atomic E-state index is -1.14. The van der Waals surface area contributed by atoms with Crippen LogP contribution in [0.15, 0.2) is 48.5 Å². The fourth-order valence-corrected chi connectivity index (χ4v) is 2.82. The van der Waals surface area contributed by atoms with Crippen molar-refractivity contribution in [1.82, 2.24) is 0 Å². The first-order valence-electron chi connectivity index (χ1n) is 8.34. The summed E-state index contributed by atoms with van der Waals surface area (Å²) >= 11 is 0. The highest BCUT2D eigenvalue weighted by Crippen LogP contribution is 2.36. The van der Waals surface area contributed by atoms with Gasteiger partial charge in [-0.25, -0.2) is 0 Å². The van der Waals surface area contributed by atoms with E-state index in [0.717, 1.165) is 5.56 Å². The summed E-state index contributed by atoms with van der Waals surface area (Å²) in [5, 5.41) is 22.0. The van der Waals surface area contributed by atoms with Crippen molar-refractivity contribution >= 4 is 5.69 Å². The van der Waals surface area contributed by atoms with Gasteiger partial charge in [0.1, 0.15) is 12.4 Å². The lowest BCUT2D eigenvalue weighted by atomic mass is 9.86. The number of benzene rings is 2. The molecule has 0 saturated carbocycles. The Kier molecular flexibility index (Phi) is 5.52. The summed E-state index contributed by atoms with van der Waals surface area (Å²) in [5.41, 5.74) is 0.0831.